The smallest absolute Gasteiger partial charge is 0.118 e. The number of piperazine rings is 1. The molecule has 29 heavy (non-hydrogen) atoms. The molecule has 0 aliphatic carbocycles. The van der Waals surface area contributed by atoms with Crippen LogP contribution in [0.25, 0.3) is 0 Å². The molecule has 1 saturated heterocycles. The molecule has 0 saturated carbocycles. The molecular weight excluding hydrogens is 362 g/mol. The maximum atomic E-state index is 10.1. The summed E-state index contributed by atoms with van der Waals surface area (Å²) in [6.07, 6.45) is 0. The lowest BCUT2D eigenvalue weighted by Crippen LogP contribution is -2.54. The molecule has 1 fully saturated rings. The number of nitrogens with zero attached hydrogens (tertiary/aromatic N) is 2. The fraction of sp³-hybridized carbons (Fsp3) is 0.500. The average Bonchev–Trinajstić information content (AvgIpc) is 2.69. The number of β-amino-alcohol motifs (C(OH)–C–C–N with tert-alkyl or cyclic N) is 1. The molecule has 2 aromatic rings. The Kier molecular flexibility index (Phi) is 7.17. The molecule has 158 valence electrons. The number of nitrogens with one attached hydrogen (secondary N) is 1. The first-order chi connectivity index (χ1) is 13.8. The largest absolute Gasteiger partial charge is 0.497 e. The van der Waals surface area contributed by atoms with Gasteiger partial charge in [-0.25, -0.2) is 0 Å². The highest BCUT2D eigenvalue weighted by molar-refractivity contribution is 5.45. The summed E-state index contributed by atoms with van der Waals surface area (Å²) < 4.78 is 5.20. The molecule has 1 aliphatic rings. The van der Waals surface area contributed by atoms with Crippen LogP contribution in [0.5, 0.6) is 5.75 Å². The van der Waals surface area contributed by atoms with E-state index in [0.717, 1.165) is 50.7 Å². The van der Waals surface area contributed by atoms with Gasteiger partial charge in [-0.1, -0.05) is 24.3 Å². The summed E-state index contributed by atoms with van der Waals surface area (Å²) in [6, 6.07) is 17.4. The Balaban J connectivity index is 1.47. The van der Waals surface area contributed by atoms with E-state index in [1.807, 2.05) is 26.0 Å². The minimum Gasteiger partial charge on any atom is -0.497 e. The van der Waals surface area contributed by atoms with Crippen molar-refractivity contribution in [2.45, 2.75) is 45.5 Å². The summed E-state index contributed by atoms with van der Waals surface area (Å²) >= 11 is 0. The van der Waals surface area contributed by atoms with Gasteiger partial charge in [0.05, 0.1) is 12.7 Å². The van der Waals surface area contributed by atoms with Gasteiger partial charge in [0.1, 0.15) is 5.75 Å². The zero-order valence-corrected chi connectivity index (χ0v) is 18.2. The maximum absolute atomic E-state index is 10.1. The molecule has 0 bridgehead atoms. The zero-order valence-electron chi connectivity index (χ0n) is 18.2. The Bertz CT molecular complexity index is 753. The molecule has 1 unspecified atom stereocenters. The molecule has 1 aliphatic heterocycles. The predicted octanol–water partition coefficient (Wildman–Crippen LogP) is 3.58. The number of aliphatic hydroxyl groups is 1. The highest BCUT2D eigenvalue weighted by atomic mass is 16.5. The Hall–Kier alpha value is -2.08. The van der Waals surface area contributed by atoms with Crippen LogP contribution in [0.1, 0.15) is 31.9 Å². The van der Waals surface area contributed by atoms with Crippen LogP contribution in [-0.2, 0) is 13.1 Å². The van der Waals surface area contributed by atoms with Crippen molar-refractivity contribution < 1.29 is 9.84 Å². The van der Waals surface area contributed by atoms with Crippen LogP contribution < -0.4 is 10.1 Å². The Morgan fingerprint density at radius 3 is 2.28 bits per heavy atom. The van der Waals surface area contributed by atoms with Crippen molar-refractivity contribution >= 4 is 5.69 Å². The lowest BCUT2D eigenvalue weighted by molar-refractivity contribution is 0.00198. The molecule has 2 aromatic carbocycles. The molecule has 0 radical (unpaired) electrons. The van der Waals surface area contributed by atoms with Gasteiger partial charge < -0.3 is 15.2 Å². The maximum Gasteiger partial charge on any atom is 0.118 e. The van der Waals surface area contributed by atoms with Gasteiger partial charge in [-0.3, -0.25) is 9.80 Å². The van der Waals surface area contributed by atoms with E-state index in [1.165, 1.54) is 11.1 Å². The van der Waals surface area contributed by atoms with Crippen LogP contribution in [0.3, 0.4) is 0 Å². The Labute approximate surface area is 175 Å². The predicted molar refractivity (Wildman–Crippen MR) is 119 cm³/mol. The molecule has 1 heterocycles. The van der Waals surface area contributed by atoms with Gasteiger partial charge in [0.2, 0.25) is 0 Å². The van der Waals surface area contributed by atoms with Crippen molar-refractivity contribution in [2.75, 3.05) is 38.6 Å². The van der Waals surface area contributed by atoms with Gasteiger partial charge in [-0.2, -0.15) is 0 Å². The third kappa shape index (κ3) is 6.74. The summed E-state index contributed by atoms with van der Waals surface area (Å²) in [7, 11) is 1.69. The molecule has 0 aromatic heterocycles. The van der Waals surface area contributed by atoms with E-state index in [4.69, 9.17) is 4.74 Å². The first-order valence-electron chi connectivity index (χ1n) is 10.5. The highest BCUT2D eigenvalue weighted by Crippen LogP contribution is 2.18. The Morgan fingerprint density at radius 1 is 1.03 bits per heavy atom. The van der Waals surface area contributed by atoms with Gasteiger partial charge in [-0.05, 0) is 56.2 Å². The van der Waals surface area contributed by atoms with Crippen molar-refractivity contribution in [3.63, 3.8) is 0 Å². The second-order valence-corrected chi connectivity index (χ2v) is 8.77. The van der Waals surface area contributed by atoms with E-state index in [-0.39, 0.29) is 0 Å². The van der Waals surface area contributed by atoms with Crippen LogP contribution in [0.2, 0.25) is 0 Å². The zero-order chi connectivity index (χ0) is 20.9. The molecule has 0 spiro atoms. The summed E-state index contributed by atoms with van der Waals surface area (Å²) in [5.74, 6) is 0.883. The number of benzene rings is 2. The minimum absolute atomic E-state index is 0.485. The molecule has 5 heteroatoms. The number of rotatable bonds is 8. The number of hydrogen-bond acceptors (Lipinski definition) is 5. The quantitative estimate of drug-likeness (QED) is 0.713. The standard InChI is InChI=1S/C24H35N3O2/c1-19-16-26(18-24(2,3)28)13-14-27(19)17-21-5-9-22(10-6-21)25-15-20-7-11-23(29-4)12-8-20/h5-12,19,25,28H,13-18H2,1-4H3. The number of hydrogen-bond donors (Lipinski definition) is 2. The monoisotopic (exact) mass is 397 g/mol. The van der Waals surface area contributed by atoms with E-state index in [9.17, 15) is 5.11 Å². The van der Waals surface area contributed by atoms with Crippen molar-refractivity contribution in [1.82, 2.24) is 9.80 Å². The molecule has 2 N–H and O–H groups in total. The molecule has 0 amide bonds. The summed E-state index contributed by atoms with van der Waals surface area (Å²) in [5.41, 5.74) is 3.07. The fourth-order valence-electron chi connectivity index (χ4n) is 3.91. The van der Waals surface area contributed by atoms with Crippen LogP contribution >= 0.6 is 0 Å². The third-order valence-corrected chi connectivity index (χ3v) is 5.46. The normalized spacial score (nSPS) is 18.6. The summed E-state index contributed by atoms with van der Waals surface area (Å²) in [6.45, 7) is 11.6. The van der Waals surface area contributed by atoms with Gasteiger partial charge in [0, 0.05) is 51.0 Å². The van der Waals surface area contributed by atoms with Crippen LogP contribution in [0.15, 0.2) is 48.5 Å². The molecule has 5 nitrogen and oxygen atoms in total. The van der Waals surface area contributed by atoms with Crippen molar-refractivity contribution in [2.24, 2.45) is 0 Å². The van der Waals surface area contributed by atoms with E-state index >= 15 is 0 Å². The van der Waals surface area contributed by atoms with Crippen LogP contribution in [-0.4, -0.2) is 59.8 Å². The molecule has 3 rings (SSSR count). The second kappa shape index (κ2) is 9.61. The summed E-state index contributed by atoms with van der Waals surface area (Å²) in [5, 5.41) is 13.5. The van der Waals surface area contributed by atoms with E-state index < -0.39 is 5.60 Å². The van der Waals surface area contributed by atoms with E-state index in [2.05, 4.69) is 58.4 Å². The first kappa shape index (κ1) is 21.6. The lowest BCUT2D eigenvalue weighted by atomic mass is 10.1. The SMILES string of the molecule is COc1ccc(CNc2ccc(CN3CCN(CC(C)(C)O)CC3C)cc2)cc1. The number of ether oxygens (including phenoxy) is 1. The molecule has 1 atom stereocenters. The fourth-order valence-corrected chi connectivity index (χ4v) is 3.91. The van der Waals surface area contributed by atoms with E-state index in [0.29, 0.717) is 6.04 Å². The average molecular weight is 398 g/mol. The third-order valence-electron chi connectivity index (χ3n) is 5.46. The van der Waals surface area contributed by atoms with Gasteiger partial charge in [0.25, 0.3) is 0 Å². The lowest BCUT2D eigenvalue weighted by Gasteiger charge is -2.41. The number of methoxy groups -OCH3 is 1. The Morgan fingerprint density at radius 2 is 1.69 bits per heavy atom. The molecular formula is C24H35N3O2. The van der Waals surface area contributed by atoms with Crippen molar-refractivity contribution in [3.8, 4) is 5.75 Å². The van der Waals surface area contributed by atoms with Gasteiger partial charge in [-0.15, -0.1) is 0 Å². The first-order valence-corrected chi connectivity index (χ1v) is 10.5. The highest BCUT2D eigenvalue weighted by Gasteiger charge is 2.27. The second-order valence-electron chi connectivity index (χ2n) is 8.77. The van der Waals surface area contributed by atoms with Crippen molar-refractivity contribution in [3.05, 3.63) is 59.7 Å². The van der Waals surface area contributed by atoms with Gasteiger partial charge >= 0.3 is 0 Å². The minimum atomic E-state index is -0.628. The van der Waals surface area contributed by atoms with Gasteiger partial charge in [0.15, 0.2) is 0 Å². The topological polar surface area (TPSA) is 48.0 Å². The van der Waals surface area contributed by atoms with Crippen LogP contribution in [0.4, 0.5) is 5.69 Å². The van der Waals surface area contributed by atoms with E-state index in [1.54, 1.807) is 7.11 Å². The number of anilines is 1. The van der Waals surface area contributed by atoms with Crippen LogP contribution in [0, 0.1) is 0 Å². The summed E-state index contributed by atoms with van der Waals surface area (Å²) in [4.78, 5) is 4.90. The van der Waals surface area contributed by atoms with Crippen molar-refractivity contribution in [1.29, 1.82) is 0 Å².